The summed E-state index contributed by atoms with van der Waals surface area (Å²) in [5.41, 5.74) is 0. The summed E-state index contributed by atoms with van der Waals surface area (Å²) in [4.78, 5) is 11.6. The number of unbranched alkanes of at least 4 members (excludes halogenated alkanes) is 13. The van der Waals surface area contributed by atoms with Crippen molar-refractivity contribution in [1.29, 1.82) is 0 Å². The standard InChI is InChI=1S/C24H48O3/c1-3-5-7-15-19-23(25)20-16-13-11-9-10-12-14-17-21-24(26)27-22-18-8-6-4-2/h23,25H,3-22H2,1-2H3. The Morgan fingerprint density at radius 1 is 0.667 bits per heavy atom. The molecule has 3 nitrogen and oxygen atoms in total. The second-order valence-electron chi connectivity index (χ2n) is 8.15. The maximum Gasteiger partial charge on any atom is 0.305 e. The Balaban J connectivity index is 3.21. The SMILES string of the molecule is CCCCCCOC(=O)CCCCCCCCCCC(O)CCCCCC. The highest BCUT2D eigenvalue weighted by Crippen LogP contribution is 2.14. The van der Waals surface area contributed by atoms with Gasteiger partial charge >= 0.3 is 5.97 Å². The molecule has 0 aliphatic carbocycles. The fraction of sp³-hybridized carbons (Fsp3) is 0.958. The smallest absolute Gasteiger partial charge is 0.305 e. The Bertz CT molecular complexity index is 304. The van der Waals surface area contributed by atoms with E-state index in [0.717, 1.165) is 32.1 Å². The Morgan fingerprint density at radius 3 is 1.67 bits per heavy atom. The van der Waals surface area contributed by atoms with E-state index in [1.165, 1.54) is 83.5 Å². The van der Waals surface area contributed by atoms with Gasteiger partial charge in [-0.3, -0.25) is 4.79 Å². The highest BCUT2D eigenvalue weighted by atomic mass is 16.5. The van der Waals surface area contributed by atoms with E-state index in [-0.39, 0.29) is 12.1 Å². The molecule has 0 heterocycles. The lowest BCUT2D eigenvalue weighted by molar-refractivity contribution is -0.143. The lowest BCUT2D eigenvalue weighted by Gasteiger charge is -2.10. The van der Waals surface area contributed by atoms with Gasteiger partial charge in [0.15, 0.2) is 0 Å². The minimum Gasteiger partial charge on any atom is -0.466 e. The van der Waals surface area contributed by atoms with Gasteiger partial charge in [-0.25, -0.2) is 0 Å². The molecule has 1 unspecified atom stereocenters. The number of esters is 1. The van der Waals surface area contributed by atoms with Crippen LogP contribution in [0.3, 0.4) is 0 Å². The minimum atomic E-state index is -0.0757. The van der Waals surface area contributed by atoms with Gasteiger partial charge in [-0.1, -0.05) is 104 Å². The fourth-order valence-electron chi connectivity index (χ4n) is 3.45. The Labute approximate surface area is 169 Å². The van der Waals surface area contributed by atoms with E-state index >= 15 is 0 Å². The molecule has 0 saturated heterocycles. The number of ether oxygens (including phenoxy) is 1. The molecule has 27 heavy (non-hydrogen) atoms. The molecule has 0 aliphatic heterocycles. The first-order valence-electron chi connectivity index (χ1n) is 12.0. The van der Waals surface area contributed by atoms with E-state index in [9.17, 15) is 9.90 Å². The highest BCUT2D eigenvalue weighted by Gasteiger charge is 2.04. The van der Waals surface area contributed by atoms with E-state index in [4.69, 9.17) is 4.74 Å². The molecule has 1 N–H and O–H groups in total. The Morgan fingerprint density at radius 2 is 1.11 bits per heavy atom. The monoisotopic (exact) mass is 384 g/mol. The third-order valence-corrected chi connectivity index (χ3v) is 5.32. The molecule has 0 aromatic heterocycles. The first-order chi connectivity index (χ1) is 13.2. The van der Waals surface area contributed by atoms with Crippen molar-refractivity contribution in [1.82, 2.24) is 0 Å². The molecule has 0 aliphatic rings. The molecule has 0 radical (unpaired) electrons. The molecule has 0 fully saturated rings. The molecule has 162 valence electrons. The number of rotatable bonds is 21. The lowest BCUT2D eigenvalue weighted by atomic mass is 10.0. The summed E-state index contributed by atoms with van der Waals surface area (Å²) >= 11 is 0. The second kappa shape index (κ2) is 21.7. The molecule has 0 amide bonds. The van der Waals surface area contributed by atoms with Gasteiger partial charge in [0.1, 0.15) is 0 Å². The van der Waals surface area contributed by atoms with E-state index in [2.05, 4.69) is 13.8 Å². The van der Waals surface area contributed by atoms with Crippen LogP contribution in [0.25, 0.3) is 0 Å². The lowest BCUT2D eigenvalue weighted by Crippen LogP contribution is -2.05. The van der Waals surface area contributed by atoms with Crippen LogP contribution in [0.4, 0.5) is 0 Å². The van der Waals surface area contributed by atoms with Crippen LogP contribution < -0.4 is 0 Å². The van der Waals surface area contributed by atoms with Crippen molar-refractivity contribution in [2.75, 3.05) is 6.61 Å². The third-order valence-electron chi connectivity index (χ3n) is 5.32. The highest BCUT2D eigenvalue weighted by molar-refractivity contribution is 5.69. The topological polar surface area (TPSA) is 46.5 Å². The zero-order valence-electron chi connectivity index (χ0n) is 18.5. The van der Waals surface area contributed by atoms with Gasteiger partial charge < -0.3 is 9.84 Å². The van der Waals surface area contributed by atoms with E-state index in [0.29, 0.717) is 13.0 Å². The van der Waals surface area contributed by atoms with Crippen molar-refractivity contribution in [2.24, 2.45) is 0 Å². The van der Waals surface area contributed by atoms with Gasteiger partial charge in [0.2, 0.25) is 0 Å². The van der Waals surface area contributed by atoms with Crippen LogP contribution in [0, 0.1) is 0 Å². The van der Waals surface area contributed by atoms with Crippen molar-refractivity contribution >= 4 is 5.97 Å². The predicted molar refractivity (Wildman–Crippen MR) is 116 cm³/mol. The molecular formula is C24H48O3. The first-order valence-corrected chi connectivity index (χ1v) is 12.0. The summed E-state index contributed by atoms with van der Waals surface area (Å²) in [5, 5.41) is 9.95. The maximum atomic E-state index is 11.6. The maximum absolute atomic E-state index is 11.6. The summed E-state index contributed by atoms with van der Waals surface area (Å²) in [6, 6.07) is 0. The van der Waals surface area contributed by atoms with Gasteiger partial charge in [0.05, 0.1) is 12.7 Å². The largest absolute Gasteiger partial charge is 0.466 e. The average Bonchev–Trinajstić information content (AvgIpc) is 2.66. The van der Waals surface area contributed by atoms with Crippen molar-refractivity contribution in [2.45, 2.75) is 142 Å². The van der Waals surface area contributed by atoms with E-state index < -0.39 is 0 Å². The van der Waals surface area contributed by atoms with Crippen LogP contribution in [0.1, 0.15) is 136 Å². The van der Waals surface area contributed by atoms with Crippen LogP contribution in [0.5, 0.6) is 0 Å². The summed E-state index contributed by atoms with van der Waals surface area (Å²) in [5.74, 6) is -0.0141. The zero-order valence-corrected chi connectivity index (χ0v) is 18.5. The Kier molecular flexibility index (Phi) is 21.3. The van der Waals surface area contributed by atoms with E-state index in [1.807, 2.05) is 0 Å². The number of carbonyl (C=O) groups excluding carboxylic acids is 1. The van der Waals surface area contributed by atoms with Gasteiger partial charge in [0.25, 0.3) is 0 Å². The van der Waals surface area contributed by atoms with Crippen molar-refractivity contribution < 1.29 is 14.6 Å². The third kappa shape index (κ3) is 21.6. The summed E-state index contributed by atoms with van der Waals surface area (Å²) in [7, 11) is 0. The number of aliphatic hydroxyl groups is 1. The van der Waals surface area contributed by atoms with Gasteiger partial charge in [-0.05, 0) is 25.7 Å². The molecule has 0 aromatic rings. The minimum absolute atomic E-state index is 0.0141. The second-order valence-corrected chi connectivity index (χ2v) is 8.15. The number of hydrogen-bond donors (Lipinski definition) is 1. The molecule has 1 atom stereocenters. The normalized spacial score (nSPS) is 12.3. The number of carbonyl (C=O) groups is 1. The molecule has 0 aromatic carbocycles. The summed E-state index contributed by atoms with van der Waals surface area (Å²) in [6.07, 6.45) is 21.7. The fourth-order valence-corrected chi connectivity index (χ4v) is 3.45. The van der Waals surface area contributed by atoms with Crippen molar-refractivity contribution in [3.8, 4) is 0 Å². The van der Waals surface area contributed by atoms with Gasteiger partial charge in [-0.2, -0.15) is 0 Å². The average molecular weight is 385 g/mol. The summed E-state index contributed by atoms with van der Waals surface area (Å²) in [6.45, 7) is 5.01. The molecule has 0 saturated carbocycles. The van der Waals surface area contributed by atoms with Crippen molar-refractivity contribution in [3.05, 3.63) is 0 Å². The van der Waals surface area contributed by atoms with Crippen LogP contribution >= 0.6 is 0 Å². The molecular weight excluding hydrogens is 336 g/mol. The van der Waals surface area contributed by atoms with Crippen molar-refractivity contribution in [3.63, 3.8) is 0 Å². The molecule has 0 bridgehead atoms. The van der Waals surface area contributed by atoms with Gasteiger partial charge in [0, 0.05) is 6.42 Å². The van der Waals surface area contributed by atoms with Gasteiger partial charge in [-0.15, -0.1) is 0 Å². The van der Waals surface area contributed by atoms with E-state index in [1.54, 1.807) is 0 Å². The number of hydrogen-bond acceptors (Lipinski definition) is 3. The quantitative estimate of drug-likeness (QED) is 0.166. The van der Waals surface area contributed by atoms with Crippen LogP contribution in [0.15, 0.2) is 0 Å². The molecule has 0 spiro atoms. The van der Waals surface area contributed by atoms with Crippen LogP contribution in [-0.4, -0.2) is 23.8 Å². The first kappa shape index (κ1) is 26.4. The summed E-state index contributed by atoms with van der Waals surface area (Å²) < 4.78 is 5.26. The predicted octanol–water partition coefficient (Wildman–Crippen LogP) is 7.34. The molecule has 3 heteroatoms. The molecule has 0 rings (SSSR count). The Hall–Kier alpha value is -0.570. The number of aliphatic hydroxyl groups excluding tert-OH is 1. The van der Waals surface area contributed by atoms with Crippen LogP contribution in [0.2, 0.25) is 0 Å². The zero-order chi connectivity index (χ0) is 20.0. The van der Waals surface area contributed by atoms with Crippen LogP contribution in [-0.2, 0) is 9.53 Å².